The number of hydrogen-bond acceptors (Lipinski definition) is 5. The lowest BCUT2D eigenvalue weighted by Gasteiger charge is -2.07. The Bertz CT molecular complexity index is 1250. The summed E-state index contributed by atoms with van der Waals surface area (Å²) < 4.78 is 32.3. The fourth-order valence-electron chi connectivity index (χ4n) is 3.20. The molecular weight excluding hydrogens is 414 g/mol. The van der Waals surface area contributed by atoms with Gasteiger partial charge < -0.3 is 9.73 Å². The molecule has 8 heteroatoms. The molecule has 0 aliphatic rings. The SMILES string of the molecule is O=C(NCCc1ccc(-n2cccn2)cc1)c1occc1CS(=O)(=O)c1ccccc1. The number of aromatic nitrogens is 2. The Morgan fingerprint density at radius 3 is 2.48 bits per heavy atom. The minimum absolute atomic E-state index is 0.0218. The van der Waals surface area contributed by atoms with Crippen LogP contribution in [0, 0.1) is 0 Å². The van der Waals surface area contributed by atoms with Crippen LogP contribution in [0.25, 0.3) is 5.69 Å². The fraction of sp³-hybridized carbons (Fsp3) is 0.130. The molecule has 0 atom stereocenters. The van der Waals surface area contributed by atoms with E-state index in [1.54, 1.807) is 29.1 Å². The summed E-state index contributed by atoms with van der Waals surface area (Å²) in [4.78, 5) is 12.7. The van der Waals surface area contributed by atoms with Gasteiger partial charge in [0.1, 0.15) is 0 Å². The van der Waals surface area contributed by atoms with Crippen molar-refractivity contribution in [1.82, 2.24) is 15.1 Å². The number of benzene rings is 2. The number of amides is 1. The zero-order valence-corrected chi connectivity index (χ0v) is 17.5. The van der Waals surface area contributed by atoms with Crippen molar-refractivity contribution in [1.29, 1.82) is 0 Å². The zero-order chi connectivity index (χ0) is 21.7. The van der Waals surface area contributed by atoms with Gasteiger partial charge in [-0.3, -0.25) is 4.79 Å². The van der Waals surface area contributed by atoms with Crippen molar-refractivity contribution >= 4 is 15.7 Å². The van der Waals surface area contributed by atoms with E-state index in [2.05, 4.69) is 10.4 Å². The molecule has 1 amide bonds. The number of carbonyl (C=O) groups excluding carboxylic acids is 1. The Kier molecular flexibility index (Phi) is 5.99. The number of hydrogen-bond donors (Lipinski definition) is 1. The van der Waals surface area contributed by atoms with E-state index in [0.717, 1.165) is 11.3 Å². The third kappa shape index (κ3) is 4.92. The first-order chi connectivity index (χ1) is 15.0. The molecule has 4 rings (SSSR count). The Morgan fingerprint density at radius 2 is 1.77 bits per heavy atom. The zero-order valence-electron chi connectivity index (χ0n) is 16.6. The molecule has 1 N–H and O–H groups in total. The maximum absolute atomic E-state index is 12.6. The maximum Gasteiger partial charge on any atom is 0.287 e. The van der Waals surface area contributed by atoms with Crippen molar-refractivity contribution in [3.05, 3.63) is 102 Å². The van der Waals surface area contributed by atoms with Crippen LogP contribution < -0.4 is 5.32 Å². The molecule has 0 bridgehead atoms. The molecule has 0 saturated heterocycles. The van der Waals surface area contributed by atoms with E-state index >= 15 is 0 Å². The van der Waals surface area contributed by atoms with Gasteiger partial charge in [0.25, 0.3) is 5.91 Å². The number of nitrogens with zero attached hydrogens (tertiary/aromatic N) is 2. The molecule has 31 heavy (non-hydrogen) atoms. The van der Waals surface area contributed by atoms with Gasteiger partial charge in [-0.1, -0.05) is 30.3 Å². The molecule has 2 aromatic carbocycles. The van der Waals surface area contributed by atoms with Crippen LogP contribution >= 0.6 is 0 Å². The van der Waals surface area contributed by atoms with Gasteiger partial charge in [-0.2, -0.15) is 5.10 Å². The lowest BCUT2D eigenvalue weighted by molar-refractivity contribution is 0.0925. The first-order valence-electron chi connectivity index (χ1n) is 9.74. The maximum atomic E-state index is 12.6. The summed E-state index contributed by atoms with van der Waals surface area (Å²) in [6.07, 6.45) is 5.55. The number of carbonyl (C=O) groups is 1. The van der Waals surface area contributed by atoms with Gasteiger partial charge in [0.15, 0.2) is 15.6 Å². The van der Waals surface area contributed by atoms with E-state index in [-0.39, 0.29) is 16.4 Å². The van der Waals surface area contributed by atoms with Crippen LogP contribution in [0.5, 0.6) is 0 Å². The van der Waals surface area contributed by atoms with Crippen molar-refractivity contribution in [2.45, 2.75) is 17.1 Å². The Hall–Kier alpha value is -3.65. The molecule has 2 heterocycles. The highest BCUT2D eigenvalue weighted by molar-refractivity contribution is 7.90. The minimum Gasteiger partial charge on any atom is -0.459 e. The summed E-state index contributed by atoms with van der Waals surface area (Å²) in [5.41, 5.74) is 2.35. The number of nitrogens with one attached hydrogen (secondary N) is 1. The summed E-state index contributed by atoms with van der Waals surface area (Å²) in [5, 5.41) is 6.99. The normalized spacial score (nSPS) is 11.4. The lowest BCUT2D eigenvalue weighted by Crippen LogP contribution is -2.26. The molecule has 158 valence electrons. The second-order valence-electron chi connectivity index (χ2n) is 6.97. The molecule has 0 unspecified atom stereocenters. The van der Waals surface area contributed by atoms with Gasteiger partial charge in [0.05, 0.1) is 22.6 Å². The minimum atomic E-state index is -3.57. The first kappa shape index (κ1) is 20.6. The predicted octanol–water partition coefficient (Wildman–Crippen LogP) is 3.41. The van der Waals surface area contributed by atoms with E-state index in [4.69, 9.17) is 4.42 Å². The standard InChI is InChI=1S/C23H21N3O4S/c27-23(24-14-11-18-7-9-20(10-8-18)26-15-4-13-25-26)22-19(12-16-30-22)17-31(28,29)21-5-2-1-3-6-21/h1-10,12-13,15-16H,11,14,17H2,(H,24,27). The largest absolute Gasteiger partial charge is 0.459 e. The van der Waals surface area contributed by atoms with Crippen LogP contribution in [-0.4, -0.2) is 30.7 Å². The number of rotatable bonds is 8. The van der Waals surface area contributed by atoms with E-state index in [1.165, 1.54) is 24.5 Å². The summed E-state index contributed by atoms with van der Waals surface area (Å²) in [6, 6.07) is 19.4. The van der Waals surface area contributed by atoms with Gasteiger partial charge in [-0.15, -0.1) is 0 Å². The Balaban J connectivity index is 1.35. The van der Waals surface area contributed by atoms with Gasteiger partial charge >= 0.3 is 0 Å². The molecule has 0 aliphatic heterocycles. The topological polar surface area (TPSA) is 94.2 Å². The molecule has 4 aromatic rings. The van der Waals surface area contributed by atoms with Crippen molar-refractivity contribution in [3.8, 4) is 5.69 Å². The third-order valence-electron chi connectivity index (χ3n) is 4.81. The summed E-state index contributed by atoms with van der Waals surface area (Å²) in [5.74, 6) is -0.713. The quantitative estimate of drug-likeness (QED) is 0.458. The van der Waals surface area contributed by atoms with Gasteiger partial charge in [-0.05, 0) is 48.4 Å². The van der Waals surface area contributed by atoms with Gasteiger partial charge in [0, 0.05) is 24.5 Å². The third-order valence-corrected chi connectivity index (χ3v) is 6.49. The second-order valence-corrected chi connectivity index (χ2v) is 8.96. The molecule has 0 fully saturated rings. The number of sulfone groups is 1. The molecule has 7 nitrogen and oxygen atoms in total. The predicted molar refractivity (Wildman–Crippen MR) is 116 cm³/mol. The van der Waals surface area contributed by atoms with Crippen molar-refractivity contribution in [2.24, 2.45) is 0 Å². The summed E-state index contributed by atoms with van der Waals surface area (Å²) in [7, 11) is -3.57. The van der Waals surface area contributed by atoms with Crippen molar-refractivity contribution < 1.29 is 17.6 Å². The highest BCUT2D eigenvalue weighted by Crippen LogP contribution is 2.20. The monoisotopic (exact) mass is 435 g/mol. The Morgan fingerprint density at radius 1 is 1.00 bits per heavy atom. The Labute approximate surface area is 180 Å². The van der Waals surface area contributed by atoms with Crippen LogP contribution in [0.3, 0.4) is 0 Å². The van der Waals surface area contributed by atoms with E-state index in [9.17, 15) is 13.2 Å². The first-order valence-corrected chi connectivity index (χ1v) is 11.4. The van der Waals surface area contributed by atoms with Crippen LogP contribution in [0.1, 0.15) is 21.7 Å². The molecule has 2 aromatic heterocycles. The highest BCUT2D eigenvalue weighted by atomic mass is 32.2. The van der Waals surface area contributed by atoms with E-state index in [1.807, 2.05) is 36.5 Å². The summed E-state index contributed by atoms with van der Waals surface area (Å²) >= 11 is 0. The fourth-order valence-corrected chi connectivity index (χ4v) is 4.58. The van der Waals surface area contributed by atoms with Crippen LogP contribution in [0.15, 0.2) is 94.7 Å². The van der Waals surface area contributed by atoms with Gasteiger partial charge in [0.2, 0.25) is 0 Å². The molecule has 0 aliphatic carbocycles. The lowest BCUT2D eigenvalue weighted by atomic mass is 10.1. The average molecular weight is 436 g/mol. The van der Waals surface area contributed by atoms with Crippen LogP contribution in [0.4, 0.5) is 0 Å². The van der Waals surface area contributed by atoms with Crippen LogP contribution in [-0.2, 0) is 22.0 Å². The second kappa shape index (κ2) is 9.01. The summed E-state index contributed by atoms with van der Waals surface area (Å²) in [6.45, 7) is 0.394. The van der Waals surface area contributed by atoms with E-state index in [0.29, 0.717) is 18.5 Å². The molecule has 0 saturated carbocycles. The molecular formula is C23H21N3O4S. The number of furan rings is 1. The highest BCUT2D eigenvalue weighted by Gasteiger charge is 2.22. The molecule has 0 radical (unpaired) electrons. The van der Waals surface area contributed by atoms with Crippen molar-refractivity contribution in [3.63, 3.8) is 0 Å². The van der Waals surface area contributed by atoms with E-state index < -0.39 is 15.7 Å². The van der Waals surface area contributed by atoms with Gasteiger partial charge in [-0.25, -0.2) is 13.1 Å². The van der Waals surface area contributed by atoms with Crippen LogP contribution in [0.2, 0.25) is 0 Å². The molecule has 0 spiro atoms. The van der Waals surface area contributed by atoms with Crippen molar-refractivity contribution in [2.75, 3.05) is 6.54 Å². The average Bonchev–Trinajstić information content (AvgIpc) is 3.47. The smallest absolute Gasteiger partial charge is 0.287 e.